The van der Waals surface area contributed by atoms with Gasteiger partial charge in [0, 0.05) is 48.2 Å². The molecule has 0 saturated carbocycles. The average molecular weight is 746 g/mol. The highest BCUT2D eigenvalue weighted by Crippen LogP contribution is 2.44. The molecule has 1 N–H and O–H groups in total. The van der Waals surface area contributed by atoms with Gasteiger partial charge in [0.05, 0.1) is 17.5 Å². The minimum Gasteiger partial charge on any atom is -0.481 e. The maximum atomic E-state index is 15.2. The summed E-state index contributed by atoms with van der Waals surface area (Å²) in [5.74, 6) is -4.12. The van der Waals surface area contributed by atoms with Crippen LogP contribution in [0, 0.1) is 5.92 Å². The summed E-state index contributed by atoms with van der Waals surface area (Å²) in [6.07, 6.45) is -8.07. The summed E-state index contributed by atoms with van der Waals surface area (Å²) in [6, 6.07) is 5.63. The Morgan fingerprint density at radius 1 is 1.10 bits per heavy atom. The predicted molar refractivity (Wildman–Crippen MR) is 172 cm³/mol. The van der Waals surface area contributed by atoms with E-state index < -0.39 is 69.9 Å². The molecule has 3 aromatic rings. The van der Waals surface area contributed by atoms with E-state index >= 15 is 4.79 Å². The van der Waals surface area contributed by atoms with Gasteiger partial charge in [-0.05, 0) is 61.1 Å². The van der Waals surface area contributed by atoms with Crippen molar-refractivity contribution in [1.29, 1.82) is 0 Å². The molecule has 2 amide bonds. The number of rotatable bonds is 9. The number of halogens is 7. The van der Waals surface area contributed by atoms with Crippen LogP contribution in [0.15, 0.2) is 48.0 Å². The van der Waals surface area contributed by atoms with Gasteiger partial charge >= 0.3 is 18.3 Å². The SMILES string of the molecule is CCC[C@H]1N(C(=O)c2ncccc2C(F)(F)F)CCC[C@]1(Oc1csc(C(F)(F)F)c1)C(=O)N1Cc2ccc(Cl)cc2C[C@@H]1C[C@H](C)C(=O)O. The van der Waals surface area contributed by atoms with Crippen LogP contribution in [-0.4, -0.2) is 61.9 Å². The van der Waals surface area contributed by atoms with E-state index in [-0.39, 0.29) is 50.9 Å². The quantitative estimate of drug-likeness (QED) is 0.222. The number of carbonyl (C=O) groups excluding carboxylic acids is 2. The zero-order valence-electron chi connectivity index (χ0n) is 27.0. The fraction of sp³-hybridized carbons (Fsp3) is 0.471. The molecule has 2 aromatic heterocycles. The van der Waals surface area contributed by atoms with Crippen LogP contribution in [0.25, 0.3) is 0 Å². The fourth-order valence-electron chi connectivity index (χ4n) is 6.89. The third-order valence-corrected chi connectivity index (χ3v) is 10.4. The second-order valence-corrected chi connectivity index (χ2v) is 14.0. The first kappa shape index (κ1) is 37.4. The van der Waals surface area contributed by atoms with Crippen molar-refractivity contribution in [2.75, 3.05) is 6.54 Å². The lowest BCUT2D eigenvalue weighted by atomic mass is 9.78. The van der Waals surface area contributed by atoms with Crippen molar-refractivity contribution in [2.45, 2.75) is 89.0 Å². The van der Waals surface area contributed by atoms with Crippen LogP contribution in [-0.2, 0) is 34.9 Å². The summed E-state index contributed by atoms with van der Waals surface area (Å²) in [4.78, 5) is 46.6. The smallest absolute Gasteiger partial charge is 0.425 e. The van der Waals surface area contributed by atoms with Crippen LogP contribution >= 0.6 is 22.9 Å². The number of ether oxygens (including phenoxy) is 1. The standard InChI is InChI=1S/C34H34ClF6N3O5S/c1-3-6-26-32(49-24-16-27(50-18-24)34(39,40)41,10-5-12-43(26)29(45)28-25(33(36,37)38)7-4-11-42-28)31(48)44-17-20-8-9-22(35)14-21(20)15-23(44)13-19(2)30(46)47/h4,7-9,11,14,16,18-19,23,26H,3,5-6,10,12-13,15,17H2,1-2H3,(H,46,47)/t19-,23-,26+,32+/m0/s1. The predicted octanol–water partition coefficient (Wildman–Crippen LogP) is 8.12. The zero-order chi connectivity index (χ0) is 36.6. The second-order valence-electron chi connectivity index (χ2n) is 12.6. The Bertz CT molecular complexity index is 1750. The number of carboxylic acids is 1. The van der Waals surface area contributed by atoms with Gasteiger partial charge in [0.1, 0.15) is 16.3 Å². The highest BCUT2D eigenvalue weighted by molar-refractivity contribution is 7.10. The molecule has 270 valence electrons. The number of fused-ring (bicyclic) bond motifs is 1. The lowest BCUT2D eigenvalue weighted by molar-refractivity contribution is -0.164. The first-order valence-electron chi connectivity index (χ1n) is 15.9. The maximum Gasteiger partial charge on any atom is 0.425 e. The maximum absolute atomic E-state index is 15.2. The summed E-state index contributed by atoms with van der Waals surface area (Å²) < 4.78 is 89.6. The first-order chi connectivity index (χ1) is 23.5. The van der Waals surface area contributed by atoms with Gasteiger partial charge in [0.25, 0.3) is 11.8 Å². The van der Waals surface area contributed by atoms with Gasteiger partial charge in [-0.1, -0.05) is 37.9 Å². The van der Waals surface area contributed by atoms with Crippen molar-refractivity contribution in [2.24, 2.45) is 5.92 Å². The van der Waals surface area contributed by atoms with Crippen LogP contribution in [0.5, 0.6) is 5.75 Å². The van der Waals surface area contributed by atoms with Crippen molar-refractivity contribution in [1.82, 2.24) is 14.8 Å². The second kappa shape index (κ2) is 14.4. The van der Waals surface area contributed by atoms with Crippen molar-refractivity contribution < 1.29 is 50.6 Å². The van der Waals surface area contributed by atoms with E-state index in [1.54, 1.807) is 25.1 Å². The number of aliphatic carboxylic acids is 1. The molecule has 4 heterocycles. The van der Waals surface area contributed by atoms with Crippen molar-refractivity contribution >= 4 is 40.7 Å². The summed E-state index contributed by atoms with van der Waals surface area (Å²) >= 11 is 6.60. The largest absolute Gasteiger partial charge is 0.481 e. The Balaban J connectivity index is 1.65. The van der Waals surface area contributed by atoms with Gasteiger partial charge in [-0.15, -0.1) is 11.3 Å². The molecule has 1 fully saturated rings. The van der Waals surface area contributed by atoms with Crippen LogP contribution in [0.2, 0.25) is 5.02 Å². The van der Waals surface area contributed by atoms with Gasteiger partial charge in [-0.25, -0.2) is 0 Å². The molecule has 2 aliphatic heterocycles. The molecule has 1 saturated heterocycles. The molecule has 50 heavy (non-hydrogen) atoms. The van der Waals surface area contributed by atoms with Gasteiger partial charge in [-0.3, -0.25) is 19.4 Å². The average Bonchev–Trinajstić information content (AvgIpc) is 3.53. The minimum atomic E-state index is -4.93. The Kier molecular flexibility index (Phi) is 10.8. The zero-order valence-corrected chi connectivity index (χ0v) is 28.6. The Labute approximate surface area is 293 Å². The number of hydrogen-bond donors (Lipinski definition) is 1. The van der Waals surface area contributed by atoms with Crippen LogP contribution < -0.4 is 4.74 Å². The lowest BCUT2D eigenvalue weighted by Gasteiger charge is -2.51. The number of likely N-dealkylation sites (tertiary alicyclic amines) is 1. The molecule has 0 aliphatic carbocycles. The minimum absolute atomic E-state index is 0.00372. The van der Waals surface area contributed by atoms with Gasteiger partial charge in [-0.2, -0.15) is 26.3 Å². The highest BCUT2D eigenvalue weighted by atomic mass is 35.5. The van der Waals surface area contributed by atoms with Crippen LogP contribution in [0.1, 0.15) is 78.0 Å². The van der Waals surface area contributed by atoms with Gasteiger partial charge in [0.15, 0.2) is 0 Å². The van der Waals surface area contributed by atoms with Gasteiger partial charge in [0.2, 0.25) is 5.60 Å². The number of thiophene rings is 1. The molecule has 4 atom stereocenters. The van der Waals surface area contributed by atoms with E-state index in [4.69, 9.17) is 16.3 Å². The molecule has 16 heteroatoms. The molecule has 8 nitrogen and oxygen atoms in total. The van der Waals surface area contributed by atoms with Crippen molar-refractivity contribution in [3.8, 4) is 5.75 Å². The van der Waals surface area contributed by atoms with Crippen LogP contribution in [0.3, 0.4) is 0 Å². The van der Waals surface area contributed by atoms with E-state index in [0.29, 0.717) is 28.3 Å². The third-order valence-electron chi connectivity index (χ3n) is 9.23. The normalized spacial score (nSPS) is 21.8. The number of hydrogen-bond acceptors (Lipinski definition) is 6. The Morgan fingerprint density at radius 3 is 2.48 bits per heavy atom. The first-order valence-corrected chi connectivity index (χ1v) is 17.2. The topological polar surface area (TPSA) is 100 Å². The summed E-state index contributed by atoms with van der Waals surface area (Å²) in [7, 11) is 0. The molecule has 2 aliphatic rings. The summed E-state index contributed by atoms with van der Waals surface area (Å²) in [5.41, 5.74) is -2.73. The number of carbonyl (C=O) groups is 3. The molecular weight excluding hydrogens is 712 g/mol. The summed E-state index contributed by atoms with van der Waals surface area (Å²) in [5, 5.41) is 11.3. The number of alkyl halides is 6. The Morgan fingerprint density at radius 2 is 1.84 bits per heavy atom. The molecule has 1 aromatic carbocycles. The molecule has 0 radical (unpaired) electrons. The Hall–Kier alpha value is -3.85. The van der Waals surface area contributed by atoms with E-state index in [2.05, 4.69) is 4.98 Å². The highest BCUT2D eigenvalue weighted by Gasteiger charge is 2.57. The number of carboxylic acid groups (broad SMARTS) is 1. The molecule has 5 rings (SSSR count). The number of amides is 2. The number of pyridine rings is 1. The molecular formula is C34H34ClF6N3O5S. The van der Waals surface area contributed by atoms with Gasteiger partial charge < -0.3 is 19.6 Å². The van der Waals surface area contributed by atoms with Crippen LogP contribution in [0.4, 0.5) is 26.3 Å². The van der Waals surface area contributed by atoms with E-state index in [9.17, 15) is 41.0 Å². The van der Waals surface area contributed by atoms with E-state index in [1.165, 1.54) is 11.8 Å². The third kappa shape index (κ3) is 7.58. The van der Waals surface area contributed by atoms with E-state index in [0.717, 1.165) is 40.2 Å². The number of aromatic nitrogens is 1. The van der Waals surface area contributed by atoms with Crippen molar-refractivity contribution in [3.63, 3.8) is 0 Å². The molecule has 0 bridgehead atoms. The monoisotopic (exact) mass is 745 g/mol. The lowest BCUT2D eigenvalue weighted by Crippen LogP contribution is -2.69. The van der Waals surface area contributed by atoms with Crippen molar-refractivity contribution in [3.05, 3.63) is 80.3 Å². The number of piperidine rings is 1. The fourth-order valence-corrected chi connectivity index (χ4v) is 7.76. The number of benzene rings is 1. The molecule has 0 spiro atoms. The number of nitrogens with zero attached hydrogens (tertiary/aromatic N) is 3. The van der Waals surface area contributed by atoms with E-state index in [1.807, 2.05) is 0 Å². The molecule has 0 unspecified atom stereocenters. The summed E-state index contributed by atoms with van der Waals surface area (Å²) in [6.45, 7) is 3.11.